The molecule has 0 amide bonds. The number of aliphatic imine (C=N–C) groups is 1. The number of methoxy groups -OCH3 is 1. The zero-order valence-electron chi connectivity index (χ0n) is 17.6. The molecule has 0 aromatic rings. The number of nitrogens with one attached hydrogen (secondary N) is 2. The van der Waals surface area contributed by atoms with Crippen LogP contribution in [0.5, 0.6) is 0 Å². The van der Waals surface area contributed by atoms with Crippen molar-refractivity contribution in [3.8, 4) is 0 Å². The van der Waals surface area contributed by atoms with Gasteiger partial charge in [0.1, 0.15) is 0 Å². The first kappa shape index (κ1) is 24.1. The van der Waals surface area contributed by atoms with Crippen LogP contribution in [0.3, 0.4) is 0 Å². The molecular formula is C20H39IN4O3. The predicted octanol–water partition coefficient (Wildman–Crippen LogP) is 2.00. The number of hydrogen-bond acceptors (Lipinski definition) is 5. The fraction of sp³-hybridized carbons (Fsp3) is 0.950. The molecule has 0 aromatic heterocycles. The molecule has 1 saturated carbocycles. The van der Waals surface area contributed by atoms with Gasteiger partial charge in [0.25, 0.3) is 0 Å². The summed E-state index contributed by atoms with van der Waals surface area (Å²) in [6.45, 7) is 7.03. The maximum atomic E-state index is 5.84. The van der Waals surface area contributed by atoms with Gasteiger partial charge >= 0.3 is 0 Å². The minimum absolute atomic E-state index is 0. The number of halogens is 1. The maximum Gasteiger partial charge on any atom is 0.191 e. The van der Waals surface area contributed by atoms with Gasteiger partial charge in [-0.1, -0.05) is 19.3 Å². The maximum absolute atomic E-state index is 5.84. The van der Waals surface area contributed by atoms with Crippen LogP contribution in [0.15, 0.2) is 4.99 Å². The third kappa shape index (κ3) is 6.17. The second-order valence-electron chi connectivity index (χ2n) is 8.16. The summed E-state index contributed by atoms with van der Waals surface area (Å²) in [6, 6.07) is 0. The molecule has 3 rings (SSSR count). The highest BCUT2D eigenvalue weighted by atomic mass is 127. The predicted molar refractivity (Wildman–Crippen MR) is 123 cm³/mol. The van der Waals surface area contributed by atoms with E-state index in [2.05, 4.69) is 20.5 Å². The first-order valence-electron chi connectivity index (χ1n) is 10.6. The van der Waals surface area contributed by atoms with E-state index >= 15 is 0 Å². The van der Waals surface area contributed by atoms with Crippen molar-refractivity contribution in [2.75, 3.05) is 66.8 Å². The summed E-state index contributed by atoms with van der Waals surface area (Å²) in [4.78, 5) is 7.12. The molecule has 0 radical (unpaired) electrons. The van der Waals surface area contributed by atoms with Crippen LogP contribution in [-0.2, 0) is 14.2 Å². The lowest BCUT2D eigenvalue weighted by Gasteiger charge is -2.48. The Balaban J connectivity index is 0.00000280. The van der Waals surface area contributed by atoms with Gasteiger partial charge in [-0.2, -0.15) is 0 Å². The average molecular weight is 510 g/mol. The van der Waals surface area contributed by atoms with E-state index < -0.39 is 0 Å². The largest absolute Gasteiger partial charge is 0.381 e. The summed E-state index contributed by atoms with van der Waals surface area (Å²) in [5.41, 5.74) is 0.0832. The Morgan fingerprint density at radius 2 is 1.54 bits per heavy atom. The van der Waals surface area contributed by atoms with Crippen molar-refractivity contribution < 1.29 is 14.2 Å². The van der Waals surface area contributed by atoms with Crippen molar-refractivity contribution in [1.29, 1.82) is 0 Å². The lowest BCUT2D eigenvalue weighted by molar-refractivity contribution is -0.0856. The molecule has 7 nitrogen and oxygen atoms in total. The lowest BCUT2D eigenvalue weighted by atomic mass is 9.80. The number of morpholine rings is 1. The molecular weight excluding hydrogens is 471 g/mol. The van der Waals surface area contributed by atoms with E-state index in [9.17, 15) is 0 Å². The van der Waals surface area contributed by atoms with Crippen LogP contribution in [0.2, 0.25) is 0 Å². The van der Waals surface area contributed by atoms with Gasteiger partial charge < -0.3 is 24.8 Å². The molecule has 0 spiro atoms. The number of rotatable bonds is 6. The molecule has 2 heterocycles. The fourth-order valence-corrected chi connectivity index (χ4v) is 4.76. The number of ether oxygens (including phenoxy) is 3. The van der Waals surface area contributed by atoms with Crippen LogP contribution in [0, 0.1) is 0 Å². The van der Waals surface area contributed by atoms with Gasteiger partial charge in [-0.25, -0.2) is 0 Å². The minimum atomic E-state index is -0.150. The SMILES string of the molecule is CN=C(NCC1(OC)CCOCC1)NCC1(N2CCOCC2)CCCCC1.I. The normalized spacial score (nSPS) is 25.6. The molecule has 2 aliphatic heterocycles. The summed E-state index contributed by atoms with van der Waals surface area (Å²) in [5, 5.41) is 7.13. The van der Waals surface area contributed by atoms with Crippen molar-refractivity contribution in [2.45, 2.75) is 56.1 Å². The molecule has 1 aliphatic carbocycles. The Morgan fingerprint density at radius 1 is 0.929 bits per heavy atom. The molecule has 0 aromatic carbocycles. The highest BCUT2D eigenvalue weighted by Gasteiger charge is 2.39. The zero-order valence-corrected chi connectivity index (χ0v) is 20.0. The molecule has 8 heteroatoms. The Bertz CT molecular complexity index is 474. The van der Waals surface area contributed by atoms with Crippen LogP contribution in [0.25, 0.3) is 0 Å². The van der Waals surface area contributed by atoms with Crippen molar-refractivity contribution in [2.24, 2.45) is 4.99 Å². The van der Waals surface area contributed by atoms with E-state index in [1.165, 1.54) is 32.1 Å². The van der Waals surface area contributed by atoms with Crippen LogP contribution in [0.4, 0.5) is 0 Å². The highest BCUT2D eigenvalue weighted by molar-refractivity contribution is 14.0. The first-order valence-corrected chi connectivity index (χ1v) is 10.6. The molecule has 3 fully saturated rings. The summed E-state index contributed by atoms with van der Waals surface area (Å²) in [7, 11) is 3.65. The average Bonchev–Trinajstić information content (AvgIpc) is 2.76. The van der Waals surface area contributed by atoms with Gasteiger partial charge in [-0.3, -0.25) is 9.89 Å². The molecule has 0 atom stereocenters. The highest BCUT2D eigenvalue weighted by Crippen LogP contribution is 2.33. The second-order valence-corrected chi connectivity index (χ2v) is 8.16. The molecule has 0 bridgehead atoms. The van der Waals surface area contributed by atoms with E-state index in [1.54, 1.807) is 7.11 Å². The Morgan fingerprint density at radius 3 is 2.14 bits per heavy atom. The third-order valence-corrected chi connectivity index (χ3v) is 6.69. The first-order chi connectivity index (χ1) is 13.2. The fourth-order valence-electron chi connectivity index (χ4n) is 4.76. The number of nitrogens with zero attached hydrogens (tertiary/aromatic N) is 2. The molecule has 28 heavy (non-hydrogen) atoms. The molecule has 2 N–H and O–H groups in total. The molecule has 0 unspecified atom stereocenters. The molecule has 164 valence electrons. The van der Waals surface area contributed by atoms with E-state index in [-0.39, 0.29) is 35.1 Å². The van der Waals surface area contributed by atoms with Gasteiger partial charge in [0.05, 0.1) is 18.8 Å². The topological polar surface area (TPSA) is 67.4 Å². The smallest absolute Gasteiger partial charge is 0.191 e. The van der Waals surface area contributed by atoms with E-state index in [1.807, 2.05) is 7.05 Å². The van der Waals surface area contributed by atoms with Gasteiger partial charge in [-0.15, -0.1) is 24.0 Å². The monoisotopic (exact) mass is 510 g/mol. The van der Waals surface area contributed by atoms with Crippen molar-refractivity contribution in [1.82, 2.24) is 15.5 Å². The summed E-state index contributed by atoms with van der Waals surface area (Å²) < 4.78 is 16.9. The second kappa shape index (κ2) is 11.9. The van der Waals surface area contributed by atoms with Gasteiger partial charge in [0.15, 0.2) is 5.96 Å². The van der Waals surface area contributed by atoms with Gasteiger partial charge in [0, 0.05) is 71.9 Å². The van der Waals surface area contributed by atoms with E-state index in [0.29, 0.717) is 0 Å². The van der Waals surface area contributed by atoms with Crippen molar-refractivity contribution in [3.05, 3.63) is 0 Å². The Hall–Kier alpha value is -0.160. The number of guanidine groups is 1. The van der Waals surface area contributed by atoms with Gasteiger partial charge in [0.2, 0.25) is 0 Å². The summed E-state index contributed by atoms with van der Waals surface area (Å²) in [6.07, 6.45) is 8.36. The van der Waals surface area contributed by atoms with Crippen molar-refractivity contribution >= 4 is 29.9 Å². The zero-order chi connectivity index (χ0) is 19.0. The summed E-state index contributed by atoms with van der Waals surface area (Å²) in [5.74, 6) is 0.871. The lowest BCUT2D eigenvalue weighted by Crippen LogP contribution is -2.61. The molecule has 2 saturated heterocycles. The summed E-state index contributed by atoms with van der Waals surface area (Å²) >= 11 is 0. The standard InChI is InChI=1S/C20H38N4O3.HI/c1-21-18(23-17-20(25-2)8-12-26-13-9-20)22-16-19(6-4-3-5-7-19)24-10-14-27-15-11-24;/h3-17H2,1-2H3,(H2,21,22,23);1H. The van der Waals surface area contributed by atoms with Crippen LogP contribution < -0.4 is 10.6 Å². The van der Waals surface area contributed by atoms with E-state index in [4.69, 9.17) is 14.2 Å². The van der Waals surface area contributed by atoms with Gasteiger partial charge in [-0.05, 0) is 12.8 Å². The Kier molecular flexibility index (Phi) is 10.2. The van der Waals surface area contributed by atoms with Crippen LogP contribution in [-0.4, -0.2) is 88.8 Å². The van der Waals surface area contributed by atoms with Crippen LogP contribution >= 0.6 is 24.0 Å². The quantitative estimate of drug-likeness (QED) is 0.324. The minimum Gasteiger partial charge on any atom is -0.381 e. The Labute approximate surface area is 187 Å². The molecule has 3 aliphatic rings. The van der Waals surface area contributed by atoms with Crippen molar-refractivity contribution in [3.63, 3.8) is 0 Å². The number of hydrogen-bond donors (Lipinski definition) is 2. The van der Waals surface area contributed by atoms with Crippen LogP contribution in [0.1, 0.15) is 44.9 Å². The van der Waals surface area contributed by atoms with E-state index in [0.717, 1.165) is 71.4 Å². The third-order valence-electron chi connectivity index (χ3n) is 6.69.